The summed E-state index contributed by atoms with van der Waals surface area (Å²) in [6, 6.07) is 3.53. The summed E-state index contributed by atoms with van der Waals surface area (Å²) >= 11 is 4.66. The molecule has 0 radical (unpaired) electrons. The molecule has 12 heavy (non-hydrogen) atoms. The number of hydrazone groups is 1. The molecular weight excluding hydrogens is 176 g/mol. The molecular formula is C6H8N4OS. The smallest absolute Gasteiger partial charge is 0.201 e. The first-order valence-corrected chi connectivity index (χ1v) is 3.57. The predicted molar refractivity (Wildman–Crippen MR) is 49.4 cm³/mol. The van der Waals surface area contributed by atoms with Crippen molar-refractivity contribution in [2.45, 2.75) is 0 Å². The number of thiocarbonyl (C=S) groups is 1. The highest BCUT2D eigenvalue weighted by atomic mass is 32.1. The van der Waals surface area contributed by atoms with Gasteiger partial charge in [-0.15, -0.1) is 0 Å². The molecule has 0 aromatic carbocycles. The first-order valence-electron chi connectivity index (χ1n) is 3.16. The van der Waals surface area contributed by atoms with E-state index in [0.29, 0.717) is 5.76 Å². The molecule has 0 saturated carbocycles. The fourth-order valence-corrected chi connectivity index (χ4v) is 0.604. The fourth-order valence-electron chi connectivity index (χ4n) is 0.552. The summed E-state index contributed by atoms with van der Waals surface area (Å²) in [7, 11) is 0. The number of furan rings is 1. The van der Waals surface area contributed by atoms with Crippen molar-refractivity contribution in [3.05, 3.63) is 24.2 Å². The van der Waals surface area contributed by atoms with E-state index < -0.39 is 0 Å². The van der Waals surface area contributed by atoms with E-state index in [0.717, 1.165) is 0 Å². The van der Waals surface area contributed by atoms with Gasteiger partial charge in [-0.3, -0.25) is 10.9 Å². The monoisotopic (exact) mass is 184 g/mol. The first kappa shape index (κ1) is 8.69. The Hall–Kier alpha value is -1.40. The maximum absolute atomic E-state index is 4.98. The Balaban J connectivity index is 2.37. The lowest BCUT2D eigenvalue weighted by atomic mass is 10.5. The number of nitrogens with two attached hydrogens (primary N) is 1. The van der Waals surface area contributed by atoms with Gasteiger partial charge in [-0.1, -0.05) is 0 Å². The van der Waals surface area contributed by atoms with Crippen molar-refractivity contribution in [3.63, 3.8) is 0 Å². The van der Waals surface area contributed by atoms with Gasteiger partial charge in [-0.05, 0) is 24.4 Å². The van der Waals surface area contributed by atoms with Crippen LogP contribution in [0.3, 0.4) is 0 Å². The van der Waals surface area contributed by atoms with Crippen molar-refractivity contribution in [3.8, 4) is 0 Å². The topological polar surface area (TPSA) is 75.6 Å². The van der Waals surface area contributed by atoms with Crippen molar-refractivity contribution in [1.29, 1.82) is 0 Å². The zero-order valence-electron chi connectivity index (χ0n) is 6.15. The van der Waals surface area contributed by atoms with Crippen molar-refractivity contribution >= 4 is 23.5 Å². The number of nitrogens with zero attached hydrogens (tertiary/aromatic N) is 1. The normalized spacial score (nSPS) is 10.1. The Morgan fingerprint density at radius 2 is 2.58 bits per heavy atom. The minimum Gasteiger partial charge on any atom is -0.463 e. The lowest BCUT2D eigenvalue weighted by molar-refractivity contribution is 0.560. The Morgan fingerprint density at radius 3 is 3.17 bits per heavy atom. The van der Waals surface area contributed by atoms with Crippen molar-refractivity contribution in [2.75, 3.05) is 0 Å². The Bertz CT molecular complexity index is 269. The first-order chi connectivity index (χ1) is 5.83. The SMILES string of the molecule is NNC(=S)N/N=C\c1ccco1. The fraction of sp³-hybridized carbons (Fsp3) is 0. The van der Waals surface area contributed by atoms with Crippen LogP contribution in [-0.2, 0) is 0 Å². The van der Waals surface area contributed by atoms with Gasteiger partial charge in [0, 0.05) is 0 Å². The van der Waals surface area contributed by atoms with Gasteiger partial charge in [0.15, 0.2) is 0 Å². The molecule has 0 atom stereocenters. The van der Waals surface area contributed by atoms with Crippen molar-refractivity contribution in [2.24, 2.45) is 10.9 Å². The maximum atomic E-state index is 4.98. The number of rotatable bonds is 2. The lowest BCUT2D eigenvalue weighted by Crippen LogP contribution is -2.37. The highest BCUT2D eigenvalue weighted by Gasteiger charge is 1.88. The molecule has 0 aliphatic carbocycles. The molecule has 0 aliphatic heterocycles. The molecule has 0 unspecified atom stereocenters. The van der Waals surface area contributed by atoms with Crippen LogP contribution in [0.25, 0.3) is 0 Å². The summed E-state index contributed by atoms with van der Waals surface area (Å²) in [5.74, 6) is 5.62. The van der Waals surface area contributed by atoms with E-state index >= 15 is 0 Å². The molecule has 1 aromatic rings. The zero-order valence-corrected chi connectivity index (χ0v) is 6.97. The van der Waals surface area contributed by atoms with Crippen LogP contribution < -0.4 is 16.7 Å². The van der Waals surface area contributed by atoms with Crippen molar-refractivity contribution < 1.29 is 4.42 Å². The standard InChI is InChI=1S/C6H8N4OS/c7-9-6(12)10-8-4-5-2-1-3-11-5/h1-4H,7H2,(H2,9,10,12)/b8-4-. The van der Waals surface area contributed by atoms with Crippen LogP contribution in [0.2, 0.25) is 0 Å². The Kier molecular flexibility index (Phi) is 3.24. The van der Waals surface area contributed by atoms with Crippen LogP contribution in [-0.4, -0.2) is 11.3 Å². The Labute approximate surface area is 74.6 Å². The third-order valence-electron chi connectivity index (χ3n) is 1.03. The molecule has 1 aromatic heterocycles. The molecule has 1 heterocycles. The average Bonchev–Trinajstić information content (AvgIpc) is 2.57. The van der Waals surface area contributed by atoms with Crippen LogP contribution in [0.4, 0.5) is 0 Å². The second-order valence-corrected chi connectivity index (χ2v) is 2.27. The van der Waals surface area contributed by atoms with Gasteiger partial charge in [0.2, 0.25) is 5.11 Å². The summed E-state index contributed by atoms with van der Waals surface area (Å²) in [4.78, 5) is 0. The molecule has 6 heteroatoms. The number of hydrogen-bond acceptors (Lipinski definition) is 4. The lowest BCUT2D eigenvalue weighted by Gasteiger charge is -1.97. The molecule has 0 fully saturated rings. The highest BCUT2D eigenvalue weighted by Crippen LogP contribution is 1.93. The van der Waals surface area contributed by atoms with Gasteiger partial charge < -0.3 is 4.42 Å². The van der Waals surface area contributed by atoms with Crippen LogP contribution in [0.15, 0.2) is 27.9 Å². The molecule has 4 N–H and O–H groups in total. The third-order valence-corrected chi connectivity index (χ3v) is 1.24. The molecule has 5 nitrogen and oxygen atoms in total. The molecule has 0 saturated heterocycles. The van der Waals surface area contributed by atoms with Gasteiger partial charge >= 0.3 is 0 Å². The Morgan fingerprint density at radius 1 is 1.75 bits per heavy atom. The largest absolute Gasteiger partial charge is 0.463 e. The second kappa shape index (κ2) is 4.47. The summed E-state index contributed by atoms with van der Waals surface area (Å²) in [5, 5.41) is 3.98. The minimum absolute atomic E-state index is 0.248. The summed E-state index contributed by atoms with van der Waals surface area (Å²) in [6.45, 7) is 0. The van der Waals surface area contributed by atoms with Crippen molar-refractivity contribution in [1.82, 2.24) is 10.9 Å². The van der Waals surface area contributed by atoms with Gasteiger partial charge in [0.1, 0.15) is 5.76 Å². The van der Waals surface area contributed by atoms with Crippen LogP contribution in [0.5, 0.6) is 0 Å². The molecule has 1 rings (SSSR count). The quantitative estimate of drug-likeness (QED) is 0.260. The second-order valence-electron chi connectivity index (χ2n) is 1.86. The average molecular weight is 184 g/mol. The van der Waals surface area contributed by atoms with E-state index in [1.54, 1.807) is 18.4 Å². The van der Waals surface area contributed by atoms with Crippen LogP contribution in [0.1, 0.15) is 5.76 Å². The van der Waals surface area contributed by atoms with E-state index in [4.69, 9.17) is 10.3 Å². The molecule has 64 valence electrons. The van der Waals surface area contributed by atoms with Gasteiger partial charge in [-0.25, -0.2) is 5.84 Å². The van der Waals surface area contributed by atoms with E-state index in [2.05, 4.69) is 28.2 Å². The number of hydrazine groups is 1. The van der Waals surface area contributed by atoms with Gasteiger partial charge in [0.25, 0.3) is 0 Å². The summed E-state index contributed by atoms with van der Waals surface area (Å²) in [6.07, 6.45) is 3.05. The highest BCUT2D eigenvalue weighted by molar-refractivity contribution is 7.80. The van der Waals surface area contributed by atoms with E-state index in [-0.39, 0.29) is 5.11 Å². The van der Waals surface area contributed by atoms with E-state index in [1.807, 2.05) is 0 Å². The summed E-state index contributed by atoms with van der Waals surface area (Å²) < 4.78 is 4.96. The molecule has 0 spiro atoms. The maximum Gasteiger partial charge on any atom is 0.201 e. The van der Waals surface area contributed by atoms with Gasteiger partial charge in [0.05, 0.1) is 12.5 Å². The minimum atomic E-state index is 0.248. The number of hydrogen-bond donors (Lipinski definition) is 3. The van der Waals surface area contributed by atoms with Gasteiger partial charge in [-0.2, -0.15) is 5.10 Å². The van der Waals surface area contributed by atoms with Crippen LogP contribution in [0, 0.1) is 0 Å². The van der Waals surface area contributed by atoms with E-state index in [9.17, 15) is 0 Å². The van der Waals surface area contributed by atoms with E-state index in [1.165, 1.54) is 6.21 Å². The predicted octanol–water partition coefficient (Wildman–Crippen LogP) is -0.0487. The molecule has 0 aliphatic rings. The molecule has 0 amide bonds. The summed E-state index contributed by atoms with van der Waals surface area (Å²) in [5.41, 5.74) is 4.70. The number of nitrogens with one attached hydrogen (secondary N) is 2. The van der Waals surface area contributed by atoms with Crippen LogP contribution >= 0.6 is 12.2 Å². The zero-order chi connectivity index (χ0) is 8.81. The molecule has 0 bridgehead atoms. The third kappa shape index (κ3) is 2.69.